The second-order valence-corrected chi connectivity index (χ2v) is 8.70. The zero-order chi connectivity index (χ0) is 23.0. The molecule has 1 aromatic carbocycles. The number of rotatable bonds is 5. The number of carbonyl (C=O) groups is 1. The number of anilines is 1. The van der Waals surface area contributed by atoms with E-state index in [1.54, 1.807) is 18.3 Å². The molecule has 5 rings (SSSR count). The Bertz CT molecular complexity index is 1200. The first kappa shape index (κ1) is 21.2. The Morgan fingerprint density at radius 2 is 2.12 bits per heavy atom. The number of hydrogen-bond donors (Lipinski definition) is 2. The monoisotopic (exact) mass is 450 g/mol. The molecule has 2 aromatic heterocycles. The summed E-state index contributed by atoms with van der Waals surface area (Å²) >= 11 is 0. The highest BCUT2D eigenvalue weighted by atomic mass is 19.1. The van der Waals surface area contributed by atoms with Gasteiger partial charge in [-0.05, 0) is 49.6 Å². The van der Waals surface area contributed by atoms with E-state index in [9.17, 15) is 9.18 Å². The molecular weight excluding hydrogens is 423 g/mol. The Labute approximate surface area is 191 Å². The van der Waals surface area contributed by atoms with Gasteiger partial charge in [0.2, 0.25) is 0 Å². The molecule has 9 heteroatoms. The number of pyridine rings is 1. The van der Waals surface area contributed by atoms with Gasteiger partial charge in [0.1, 0.15) is 12.4 Å². The van der Waals surface area contributed by atoms with Crippen LogP contribution in [-0.4, -0.2) is 45.3 Å². The van der Waals surface area contributed by atoms with E-state index >= 15 is 0 Å². The van der Waals surface area contributed by atoms with Crippen molar-refractivity contribution in [1.29, 1.82) is 0 Å². The number of nitrogen functional groups attached to an aromatic ring is 1. The first-order valence-corrected chi connectivity index (χ1v) is 11.2. The minimum atomic E-state index is -0.310. The standard InChI is InChI=1S/C24H27FN6O2/c1-2-27-23(32)30-8-6-24(15-30)7-9-31-21(24)12-19(29-31)17-11-20(22(26)28-13-17)33-14-16-4-3-5-18(25)10-16/h3-5,10-13H,2,6-9,14-15H2,1H3,(H2,26,28)(H,27,32)/t24-/m1/s1. The number of carbonyl (C=O) groups excluding carboxylic acids is 1. The molecule has 1 atom stereocenters. The van der Waals surface area contributed by atoms with E-state index in [-0.39, 0.29) is 29.7 Å². The molecule has 2 aliphatic rings. The zero-order valence-electron chi connectivity index (χ0n) is 18.6. The number of aryl methyl sites for hydroxylation is 1. The van der Waals surface area contributed by atoms with Gasteiger partial charge in [0.05, 0.1) is 5.69 Å². The molecule has 172 valence electrons. The van der Waals surface area contributed by atoms with Crippen molar-refractivity contribution in [2.45, 2.75) is 38.3 Å². The Hall–Kier alpha value is -3.62. The number of urea groups is 1. The zero-order valence-corrected chi connectivity index (χ0v) is 18.6. The van der Waals surface area contributed by atoms with E-state index in [4.69, 9.17) is 15.6 Å². The third-order valence-corrected chi connectivity index (χ3v) is 6.56. The summed E-state index contributed by atoms with van der Waals surface area (Å²) in [7, 11) is 0. The van der Waals surface area contributed by atoms with Gasteiger partial charge in [-0.3, -0.25) is 4.68 Å². The number of fused-ring (bicyclic) bond motifs is 2. The highest BCUT2D eigenvalue weighted by Crippen LogP contribution is 2.44. The van der Waals surface area contributed by atoms with Gasteiger partial charge in [-0.15, -0.1) is 0 Å². The molecule has 0 unspecified atom stereocenters. The fourth-order valence-corrected chi connectivity index (χ4v) is 4.82. The smallest absolute Gasteiger partial charge is 0.317 e. The number of nitrogens with one attached hydrogen (secondary N) is 1. The highest BCUT2D eigenvalue weighted by molar-refractivity contribution is 5.75. The van der Waals surface area contributed by atoms with Crippen LogP contribution < -0.4 is 15.8 Å². The third kappa shape index (κ3) is 3.99. The Morgan fingerprint density at radius 1 is 1.27 bits per heavy atom. The Morgan fingerprint density at radius 3 is 2.94 bits per heavy atom. The lowest BCUT2D eigenvalue weighted by molar-refractivity contribution is 0.206. The van der Waals surface area contributed by atoms with Gasteiger partial charge in [0, 0.05) is 49.0 Å². The lowest BCUT2D eigenvalue weighted by Crippen LogP contribution is -2.40. The number of hydrogen-bond acceptors (Lipinski definition) is 5. The van der Waals surface area contributed by atoms with Crippen molar-refractivity contribution in [3.05, 3.63) is 59.7 Å². The molecule has 2 aliphatic heterocycles. The number of halogens is 1. The van der Waals surface area contributed by atoms with Crippen LogP contribution in [0.5, 0.6) is 5.75 Å². The maximum atomic E-state index is 13.4. The molecule has 33 heavy (non-hydrogen) atoms. The van der Waals surface area contributed by atoms with Crippen LogP contribution in [0.15, 0.2) is 42.6 Å². The van der Waals surface area contributed by atoms with Gasteiger partial charge in [-0.25, -0.2) is 14.2 Å². The molecule has 1 fully saturated rings. The average Bonchev–Trinajstić information content (AvgIpc) is 3.50. The molecule has 3 N–H and O–H groups in total. The van der Waals surface area contributed by atoms with Crippen molar-refractivity contribution in [1.82, 2.24) is 25.0 Å². The molecule has 8 nitrogen and oxygen atoms in total. The molecular formula is C24H27FN6O2. The molecule has 1 saturated heterocycles. The quantitative estimate of drug-likeness (QED) is 0.621. The molecule has 3 aromatic rings. The van der Waals surface area contributed by atoms with E-state index in [0.717, 1.165) is 42.9 Å². The van der Waals surface area contributed by atoms with Gasteiger partial charge in [-0.1, -0.05) is 12.1 Å². The highest BCUT2D eigenvalue weighted by Gasteiger charge is 2.46. The number of ether oxygens (including phenoxy) is 1. The fraction of sp³-hybridized carbons (Fsp3) is 0.375. The molecule has 0 aliphatic carbocycles. The lowest BCUT2D eigenvalue weighted by Gasteiger charge is -2.23. The second-order valence-electron chi connectivity index (χ2n) is 8.70. The van der Waals surface area contributed by atoms with E-state index in [2.05, 4.69) is 16.4 Å². The summed E-state index contributed by atoms with van der Waals surface area (Å²) in [6.07, 6.45) is 3.59. The van der Waals surface area contributed by atoms with Gasteiger partial charge >= 0.3 is 6.03 Å². The normalized spacial score (nSPS) is 19.2. The summed E-state index contributed by atoms with van der Waals surface area (Å²) in [5.74, 6) is 0.393. The van der Waals surface area contributed by atoms with Crippen LogP contribution >= 0.6 is 0 Å². The number of amides is 2. The maximum absolute atomic E-state index is 13.4. The predicted molar refractivity (Wildman–Crippen MR) is 122 cm³/mol. The predicted octanol–water partition coefficient (Wildman–Crippen LogP) is 3.32. The van der Waals surface area contributed by atoms with E-state index in [1.807, 2.05) is 22.6 Å². The van der Waals surface area contributed by atoms with E-state index in [1.165, 1.54) is 12.1 Å². The van der Waals surface area contributed by atoms with Crippen molar-refractivity contribution >= 4 is 11.8 Å². The SMILES string of the molecule is CCNC(=O)N1CC[C@@]2(CCn3nc(-c4cnc(N)c(OCc5cccc(F)c5)c4)cc32)C1. The summed E-state index contributed by atoms with van der Waals surface area (Å²) in [4.78, 5) is 18.5. The number of nitrogens with zero attached hydrogens (tertiary/aromatic N) is 4. The van der Waals surface area contributed by atoms with Gasteiger partial charge < -0.3 is 20.7 Å². The van der Waals surface area contributed by atoms with Crippen LogP contribution in [0.2, 0.25) is 0 Å². The maximum Gasteiger partial charge on any atom is 0.317 e. The van der Waals surface area contributed by atoms with Crippen molar-refractivity contribution in [2.75, 3.05) is 25.4 Å². The Kier molecular flexibility index (Phi) is 5.39. The number of likely N-dealkylation sites (tertiary alicyclic amines) is 1. The van der Waals surface area contributed by atoms with Crippen LogP contribution in [0.1, 0.15) is 31.0 Å². The van der Waals surface area contributed by atoms with Crippen LogP contribution in [0.3, 0.4) is 0 Å². The topological polar surface area (TPSA) is 98.3 Å². The van der Waals surface area contributed by atoms with E-state index < -0.39 is 0 Å². The summed E-state index contributed by atoms with van der Waals surface area (Å²) in [5, 5.41) is 7.70. The molecule has 0 bridgehead atoms. The molecule has 0 radical (unpaired) electrons. The van der Waals surface area contributed by atoms with Crippen LogP contribution in [0.25, 0.3) is 11.3 Å². The number of benzene rings is 1. The minimum absolute atomic E-state index is 0.00427. The third-order valence-electron chi connectivity index (χ3n) is 6.56. The number of aromatic nitrogens is 3. The average molecular weight is 451 g/mol. The van der Waals surface area contributed by atoms with Gasteiger partial charge in [0.15, 0.2) is 11.6 Å². The van der Waals surface area contributed by atoms with Crippen molar-refractivity contribution in [2.24, 2.45) is 0 Å². The van der Waals surface area contributed by atoms with Crippen molar-refractivity contribution in [3.63, 3.8) is 0 Å². The lowest BCUT2D eigenvalue weighted by atomic mass is 9.82. The molecule has 0 saturated carbocycles. The van der Waals surface area contributed by atoms with Crippen molar-refractivity contribution < 1.29 is 13.9 Å². The number of nitrogens with two attached hydrogens (primary N) is 1. The van der Waals surface area contributed by atoms with Gasteiger partial charge in [0.25, 0.3) is 0 Å². The molecule has 2 amide bonds. The van der Waals surface area contributed by atoms with Gasteiger partial charge in [-0.2, -0.15) is 5.10 Å². The van der Waals surface area contributed by atoms with Crippen LogP contribution in [0, 0.1) is 5.82 Å². The van der Waals surface area contributed by atoms with Crippen LogP contribution in [-0.2, 0) is 18.6 Å². The van der Waals surface area contributed by atoms with E-state index in [0.29, 0.717) is 24.4 Å². The summed E-state index contributed by atoms with van der Waals surface area (Å²) < 4.78 is 21.3. The molecule has 4 heterocycles. The first-order valence-electron chi connectivity index (χ1n) is 11.2. The summed E-state index contributed by atoms with van der Waals surface area (Å²) in [6, 6.07) is 10.2. The first-order chi connectivity index (χ1) is 16.0. The largest absolute Gasteiger partial charge is 0.485 e. The Balaban J connectivity index is 1.36. The van der Waals surface area contributed by atoms with Crippen molar-refractivity contribution in [3.8, 4) is 17.0 Å². The van der Waals surface area contributed by atoms with Crippen LogP contribution in [0.4, 0.5) is 15.0 Å². The minimum Gasteiger partial charge on any atom is -0.485 e. The molecule has 1 spiro atoms. The summed E-state index contributed by atoms with van der Waals surface area (Å²) in [6.45, 7) is 5.00. The second kappa shape index (κ2) is 8.38. The fourth-order valence-electron chi connectivity index (χ4n) is 4.82. The summed E-state index contributed by atoms with van der Waals surface area (Å²) in [5.41, 5.74) is 9.42.